The van der Waals surface area contributed by atoms with Crippen LogP contribution < -0.4 is 5.32 Å². The van der Waals surface area contributed by atoms with Crippen molar-refractivity contribution in [2.75, 3.05) is 0 Å². The lowest BCUT2D eigenvalue weighted by molar-refractivity contribution is -0.115. The number of thiocarbonyl (C=S) groups is 1. The number of carbonyl (C=O) groups excluding carboxylic acids is 2. The van der Waals surface area contributed by atoms with Gasteiger partial charge in [0.25, 0.3) is 5.91 Å². The molecule has 0 radical (unpaired) electrons. The van der Waals surface area contributed by atoms with Crippen LogP contribution in [0.4, 0.5) is 0 Å². The number of hydrogen-bond acceptors (Lipinski definition) is 6. The molecule has 4 rings (SSSR count). The maximum absolute atomic E-state index is 11.8. The summed E-state index contributed by atoms with van der Waals surface area (Å²) in [5.41, 5.74) is 2.55. The number of Topliss-reactive ketones (excluding diaryl/α,β-unsaturated/α-hetero) is 1. The number of fused-ring (bicyclic) bond motifs is 1. The summed E-state index contributed by atoms with van der Waals surface area (Å²) in [4.78, 5) is 28.0. The first-order valence-electron chi connectivity index (χ1n) is 8.25. The van der Waals surface area contributed by atoms with Crippen molar-refractivity contribution >= 4 is 57.0 Å². The summed E-state index contributed by atoms with van der Waals surface area (Å²) in [5, 5.41) is 3.35. The molecular formula is C21H12N2O3S2. The lowest BCUT2D eigenvalue weighted by Gasteiger charge is -1.96. The maximum Gasteiger partial charge on any atom is 0.263 e. The zero-order chi connectivity index (χ0) is 19.7. The van der Waals surface area contributed by atoms with E-state index in [0.29, 0.717) is 31.7 Å². The molecule has 1 saturated heterocycles. The molecular weight excluding hydrogens is 392 g/mol. The van der Waals surface area contributed by atoms with Crippen LogP contribution in [-0.4, -0.2) is 21.0 Å². The smallest absolute Gasteiger partial charge is 0.263 e. The van der Waals surface area contributed by atoms with Gasteiger partial charge in [0.15, 0.2) is 11.4 Å². The van der Waals surface area contributed by atoms with Gasteiger partial charge < -0.3 is 9.73 Å². The first-order valence-corrected chi connectivity index (χ1v) is 9.47. The van der Waals surface area contributed by atoms with E-state index in [9.17, 15) is 9.59 Å². The topological polar surface area (TPSA) is 72.2 Å². The fraction of sp³-hybridized carbons (Fsp3) is 0.0476. The number of pyridine rings is 1. The van der Waals surface area contributed by atoms with Crippen molar-refractivity contribution in [3.63, 3.8) is 0 Å². The average molecular weight is 404 g/mol. The molecule has 1 aliphatic rings. The number of nitrogens with zero attached hydrogens (tertiary/aromatic N) is 1. The van der Waals surface area contributed by atoms with Gasteiger partial charge in [0.1, 0.15) is 10.1 Å². The van der Waals surface area contributed by atoms with Gasteiger partial charge in [-0.15, -0.1) is 0 Å². The van der Waals surface area contributed by atoms with Gasteiger partial charge in [-0.2, -0.15) is 0 Å². The lowest BCUT2D eigenvalue weighted by atomic mass is 10.1. The molecule has 1 aliphatic heterocycles. The highest BCUT2D eigenvalue weighted by atomic mass is 32.2. The zero-order valence-electron chi connectivity index (χ0n) is 14.6. The summed E-state index contributed by atoms with van der Waals surface area (Å²) in [5.74, 6) is 6.36. The molecule has 0 spiro atoms. The Hall–Kier alpha value is -3.21. The van der Waals surface area contributed by atoms with Crippen molar-refractivity contribution in [2.24, 2.45) is 0 Å². The van der Waals surface area contributed by atoms with Crippen molar-refractivity contribution in [1.82, 2.24) is 10.3 Å². The predicted molar refractivity (Wildman–Crippen MR) is 113 cm³/mol. The third-order valence-corrected chi connectivity index (χ3v) is 5.13. The van der Waals surface area contributed by atoms with Crippen LogP contribution in [0.5, 0.6) is 0 Å². The van der Waals surface area contributed by atoms with E-state index in [2.05, 4.69) is 22.1 Å². The Morgan fingerprint density at radius 3 is 2.89 bits per heavy atom. The van der Waals surface area contributed by atoms with Crippen LogP contribution in [0, 0.1) is 11.8 Å². The van der Waals surface area contributed by atoms with Crippen molar-refractivity contribution in [3.05, 3.63) is 70.1 Å². The molecule has 28 heavy (non-hydrogen) atoms. The predicted octanol–water partition coefficient (Wildman–Crippen LogP) is 3.92. The molecule has 5 nitrogen and oxygen atoms in total. The summed E-state index contributed by atoms with van der Waals surface area (Å²) < 4.78 is 6.31. The number of amides is 1. The van der Waals surface area contributed by atoms with Gasteiger partial charge >= 0.3 is 0 Å². The number of carbonyl (C=O) groups is 2. The Morgan fingerprint density at radius 1 is 1.29 bits per heavy atom. The summed E-state index contributed by atoms with van der Waals surface area (Å²) in [6, 6.07) is 8.94. The zero-order valence-corrected chi connectivity index (χ0v) is 16.2. The molecule has 1 fully saturated rings. The first-order chi connectivity index (χ1) is 13.5. The van der Waals surface area contributed by atoms with Gasteiger partial charge in [-0.1, -0.05) is 48.0 Å². The van der Waals surface area contributed by atoms with E-state index in [-0.39, 0.29) is 11.7 Å². The number of aromatic nitrogens is 1. The Balaban J connectivity index is 1.70. The summed E-state index contributed by atoms with van der Waals surface area (Å²) in [6.07, 6.45) is 4.94. The number of hydrogen-bond donors (Lipinski definition) is 1. The molecule has 1 amide bonds. The Kier molecular flexibility index (Phi) is 4.82. The summed E-state index contributed by atoms with van der Waals surface area (Å²) in [7, 11) is 0. The van der Waals surface area contributed by atoms with Gasteiger partial charge in [-0.25, -0.2) is 0 Å². The number of benzene rings is 1. The molecule has 3 heterocycles. The second-order valence-electron chi connectivity index (χ2n) is 5.99. The van der Waals surface area contributed by atoms with Crippen LogP contribution in [-0.2, 0) is 4.79 Å². The van der Waals surface area contributed by atoms with Crippen LogP contribution in [0.3, 0.4) is 0 Å². The summed E-state index contributed by atoms with van der Waals surface area (Å²) in [6.45, 7) is 1.52. The third kappa shape index (κ3) is 3.74. The SMILES string of the molecule is CC(=O)c1cccc(C#Cc2cncc3cc(C=C4SC(=S)NC4=O)oc23)c1. The van der Waals surface area contributed by atoms with E-state index in [1.54, 1.807) is 42.7 Å². The van der Waals surface area contributed by atoms with Gasteiger partial charge in [-0.3, -0.25) is 14.6 Å². The minimum atomic E-state index is -0.237. The molecule has 0 unspecified atom stereocenters. The van der Waals surface area contributed by atoms with E-state index in [1.807, 2.05) is 6.07 Å². The molecule has 136 valence electrons. The molecule has 3 aromatic rings. The molecule has 2 aromatic heterocycles. The van der Waals surface area contributed by atoms with E-state index in [4.69, 9.17) is 16.6 Å². The van der Waals surface area contributed by atoms with Crippen LogP contribution >= 0.6 is 24.0 Å². The van der Waals surface area contributed by atoms with Crippen LogP contribution in [0.25, 0.3) is 17.0 Å². The lowest BCUT2D eigenvalue weighted by Crippen LogP contribution is -2.17. The molecule has 1 N–H and O–H groups in total. The van der Waals surface area contributed by atoms with Gasteiger partial charge in [-0.05, 0) is 25.1 Å². The number of nitrogens with one attached hydrogen (secondary N) is 1. The second-order valence-corrected chi connectivity index (χ2v) is 7.71. The molecule has 0 atom stereocenters. The normalized spacial score (nSPS) is 14.8. The standard InChI is InChI=1S/C21H12N2O3S2/c1-12(24)14-4-2-3-13(7-14)5-6-15-10-22-11-16-8-17(26-19(15)16)9-18-20(25)23-21(27)28-18/h2-4,7-11H,1H3,(H,23,25,27). The minimum absolute atomic E-state index is 0.00978. The quantitative estimate of drug-likeness (QED) is 0.302. The maximum atomic E-state index is 11.8. The monoisotopic (exact) mass is 404 g/mol. The van der Waals surface area contributed by atoms with Crippen molar-refractivity contribution < 1.29 is 14.0 Å². The van der Waals surface area contributed by atoms with Crippen LogP contribution in [0.1, 0.15) is 34.2 Å². The number of rotatable bonds is 2. The minimum Gasteiger partial charge on any atom is -0.455 e. The van der Waals surface area contributed by atoms with E-state index in [1.165, 1.54) is 18.7 Å². The molecule has 0 saturated carbocycles. The fourth-order valence-electron chi connectivity index (χ4n) is 2.65. The average Bonchev–Trinajstić information content (AvgIpc) is 3.22. The van der Waals surface area contributed by atoms with Crippen LogP contribution in [0.15, 0.2) is 52.0 Å². The fourth-order valence-corrected chi connectivity index (χ4v) is 3.67. The number of thioether (sulfide) groups is 1. The highest BCUT2D eigenvalue weighted by Gasteiger charge is 2.22. The van der Waals surface area contributed by atoms with Crippen molar-refractivity contribution in [3.8, 4) is 11.8 Å². The van der Waals surface area contributed by atoms with Crippen molar-refractivity contribution in [1.29, 1.82) is 0 Å². The molecule has 0 aliphatic carbocycles. The van der Waals surface area contributed by atoms with Gasteiger partial charge in [0, 0.05) is 35.0 Å². The molecule has 0 bridgehead atoms. The Morgan fingerprint density at radius 2 is 2.14 bits per heavy atom. The largest absolute Gasteiger partial charge is 0.455 e. The molecule has 7 heteroatoms. The van der Waals surface area contributed by atoms with Crippen LogP contribution in [0.2, 0.25) is 0 Å². The summed E-state index contributed by atoms with van der Waals surface area (Å²) >= 11 is 6.19. The molecule has 1 aromatic carbocycles. The Labute approximate surface area is 170 Å². The number of furan rings is 1. The highest BCUT2D eigenvalue weighted by molar-refractivity contribution is 8.26. The number of ketones is 1. The highest BCUT2D eigenvalue weighted by Crippen LogP contribution is 2.29. The second kappa shape index (κ2) is 7.43. The third-order valence-electron chi connectivity index (χ3n) is 3.97. The van der Waals surface area contributed by atoms with E-state index in [0.717, 1.165) is 10.9 Å². The van der Waals surface area contributed by atoms with E-state index >= 15 is 0 Å². The van der Waals surface area contributed by atoms with Crippen molar-refractivity contribution in [2.45, 2.75) is 6.92 Å². The van der Waals surface area contributed by atoms with Gasteiger partial charge in [0.05, 0.1) is 10.5 Å². The van der Waals surface area contributed by atoms with E-state index < -0.39 is 0 Å². The first kappa shape index (κ1) is 18.2. The Bertz CT molecular complexity index is 1250. The van der Waals surface area contributed by atoms with Gasteiger partial charge in [0.2, 0.25) is 0 Å².